The number of esters is 1. The molecule has 0 bridgehead atoms. The molecule has 0 aromatic heterocycles. The number of rotatable bonds is 48. The minimum Gasteiger partial charge on any atom is -0.457 e. The average molecular weight is 1030 g/mol. The van der Waals surface area contributed by atoms with Crippen LogP contribution in [0.5, 0.6) is 0 Å². The van der Waals surface area contributed by atoms with E-state index in [0.29, 0.717) is 13.0 Å². The van der Waals surface area contributed by atoms with E-state index in [1.807, 2.05) is 0 Å². The van der Waals surface area contributed by atoms with Crippen LogP contribution in [-0.4, -0.2) is 97.5 Å². The van der Waals surface area contributed by atoms with E-state index in [1.165, 1.54) is 77.0 Å². The summed E-state index contributed by atoms with van der Waals surface area (Å²) in [6.45, 7) is 3.80. The second-order valence-electron chi connectivity index (χ2n) is 18.8. The molecule has 72 heavy (non-hydrogen) atoms. The Bertz CT molecular complexity index is 1620. The lowest BCUT2D eigenvalue weighted by molar-refractivity contribution is -0.301. The van der Waals surface area contributed by atoms with Gasteiger partial charge < -0.3 is 34.3 Å². The Morgan fingerprint density at radius 1 is 0.542 bits per heavy atom. The molecule has 0 saturated carbocycles. The quantitative estimate of drug-likeness (QED) is 0.0196. The van der Waals surface area contributed by atoms with Gasteiger partial charge in [-0.2, -0.15) is 8.42 Å². The van der Waals surface area contributed by atoms with Crippen LogP contribution in [-0.2, 0) is 38.3 Å². The maximum absolute atomic E-state index is 13.0. The van der Waals surface area contributed by atoms with Crippen molar-refractivity contribution in [1.29, 1.82) is 0 Å². The maximum Gasteiger partial charge on any atom is 0.397 e. The number of hydrogen-bond acceptors (Lipinski definition) is 11. The number of hydrogen-bond donors (Lipinski definition) is 4. The number of aliphatic hydroxyl groups excluding tert-OH is 3. The predicted octanol–water partition coefficient (Wildman–Crippen LogP) is 13.8. The molecule has 1 heterocycles. The van der Waals surface area contributed by atoms with Crippen molar-refractivity contribution < 1.29 is 56.2 Å². The Balaban J connectivity index is 2.35. The standard InChI is InChI=1S/C59H100O12S/c1-3-5-7-9-11-13-15-17-19-21-23-25-26-27-28-29-30-32-34-36-38-40-42-44-46-48-55(61)69-53(52-68-59-57(63)58(71-72(64,65)66)56(62)54(50-60)70-59)51-67-49-47-45-43-41-39-37-35-33-31-24-22-20-18-16-14-12-10-8-6-4-2/h6,8,12,14-15,17-18,20-21,23-24,26-27,31,35,37,53-54,56-60,62-63H,3-5,7,9-11,13,16,19,22,25,28-30,32-34,36,38-52H2,1-2H3,(H,64,65,66)/b8-6-,14-12-,17-15-,20-18-,23-21-,27-26-,31-24-,37-35-. The fourth-order valence-corrected chi connectivity index (χ4v) is 8.51. The van der Waals surface area contributed by atoms with Gasteiger partial charge in [-0.05, 0) is 96.3 Å². The Morgan fingerprint density at radius 3 is 1.40 bits per heavy atom. The molecule has 0 spiro atoms. The molecule has 414 valence electrons. The highest BCUT2D eigenvalue weighted by Gasteiger charge is 2.48. The van der Waals surface area contributed by atoms with Gasteiger partial charge in [-0.3, -0.25) is 9.35 Å². The molecule has 0 aromatic rings. The van der Waals surface area contributed by atoms with E-state index in [4.69, 9.17) is 18.9 Å². The molecule has 0 aliphatic carbocycles. The zero-order valence-electron chi connectivity index (χ0n) is 44.7. The molecule has 1 rings (SSSR count). The lowest BCUT2D eigenvalue weighted by Crippen LogP contribution is -2.60. The minimum absolute atomic E-state index is 0.0114. The number of carbonyl (C=O) groups excluding carboxylic acids is 1. The van der Waals surface area contributed by atoms with E-state index < -0.39 is 59.8 Å². The van der Waals surface area contributed by atoms with Gasteiger partial charge in [0.15, 0.2) is 6.29 Å². The molecule has 0 aromatic carbocycles. The molecular weight excluding hydrogens is 933 g/mol. The van der Waals surface area contributed by atoms with Gasteiger partial charge in [-0.1, -0.05) is 201 Å². The number of unbranched alkanes of at least 4 members (excludes halogenated alkanes) is 19. The third-order valence-corrected chi connectivity index (χ3v) is 12.7. The Labute approximate surface area is 437 Å². The second-order valence-corrected chi connectivity index (χ2v) is 19.8. The van der Waals surface area contributed by atoms with Crippen molar-refractivity contribution >= 4 is 16.4 Å². The van der Waals surface area contributed by atoms with Gasteiger partial charge in [0.25, 0.3) is 0 Å². The molecule has 13 heteroatoms. The summed E-state index contributed by atoms with van der Waals surface area (Å²) >= 11 is 0. The van der Waals surface area contributed by atoms with Crippen LogP contribution in [0.2, 0.25) is 0 Å². The highest BCUT2D eigenvalue weighted by Crippen LogP contribution is 2.26. The highest BCUT2D eigenvalue weighted by atomic mass is 32.3. The molecule has 1 aliphatic rings. The third-order valence-electron chi connectivity index (χ3n) is 12.2. The van der Waals surface area contributed by atoms with E-state index in [9.17, 15) is 33.1 Å². The highest BCUT2D eigenvalue weighted by molar-refractivity contribution is 7.80. The first-order valence-electron chi connectivity index (χ1n) is 28.0. The Morgan fingerprint density at radius 2 is 0.958 bits per heavy atom. The van der Waals surface area contributed by atoms with Gasteiger partial charge >= 0.3 is 16.4 Å². The number of allylic oxidation sites excluding steroid dienone is 16. The van der Waals surface area contributed by atoms with Crippen LogP contribution in [0, 0.1) is 0 Å². The molecule has 4 N–H and O–H groups in total. The summed E-state index contributed by atoms with van der Waals surface area (Å²) in [5.74, 6) is -0.415. The molecule has 1 saturated heterocycles. The zero-order valence-corrected chi connectivity index (χ0v) is 45.5. The minimum atomic E-state index is -5.08. The summed E-state index contributed by atoms with van der Waals surface area (Å²) in [5, 5.41) is 30.8. The SMILES string of the molecule is CC/C=C\C/C=C\C/C=C\C/C=C\C/C=C\CCCCCCOCC(COC1OC(CO)C(O)C(OS(=O)(=O)O)C1O)OC(=O)CCCCCCCCCCCC/C=C\C/C=C\C/C=C\CCCCCCC. The normalized spacial score (nSPS) is 19.7. The van der Waals surface area contributed by atoms with Crippen molar-refractivity contribution in [2.75, 3.05) is 26.4 Å². The van der Waals surface area contributed by atoms with Crippen LogP contribution in [0.15, 0.2) is 97.2 Å². The number of carbonyl (C=O) groups is 1. The van der Waals surface area contributed by atoms with E-state index in [1.54, 1.807) is 0 Å². The van der Waals surface area contributed by atoms with Gasteiger partial charge in [0.05, 0.1) is 19.8 Å². The lowest BCUT2D eigenvalue weighted by Gasteiger charge is -2.41. The van der Waals surface area contributed by atoms with Gasteiger partial charge in [-0.25, -0.2) is 4.18 Å². The molecule has 0 amide bonds. The largest absolute Gasteiger partial charge is 0.457 e. The molecule has 1 aliphatic heterocycles. The van der Waals surface area contributed by atoms with Crippen LogP contribution >= 0.6 is 0 Å². The third kappa shape index (κ3) is 41.4. The van der Waals surface area contributed by atoms with Gasteiger partial charge in [0, 0.05) is 13.0 Å². The van der Waals surface area contributed by atoms with Gasteiger partial charge in [0.2, 0.25) is 0 Å². The summed E-state index contributed by atoms with van der Waals surface area (Å²) in [7, 11) is -5.08. The topological polar surface area (TPSA) is 178 Å². The average Bonchev–Trinajstić information content (AvgIpc) is 3.36. The van der Waals surface area contributed by atoms with Crippen molar-refractivity contribution in [2.24, 2.45) is 0 Å². The van der Waals surface area contributed by atoms with Crippen LogP contribution in [0.25, 0.3) is 0 Å². The van der Waals surface area contributed by atoms with Crippen molar-refractivity contribution in [3.63, 3.8) is 0 Å². The second kappa shape index (κ2) is 48.9. The maximum atomic E-state index is 13.0. The fraction of sp³-hybridized carbons (Fsp3) is 0.712. The smallest absolute Gasteiger partial charge is 0.397 e. The number of aliphatic hydroxyl groups is 3. The van der Waals surface area contributed by atoms with Crippen molar-refractivity contribution in [2.45, 2.75) is 243 Å². The van der Waals surface area contributed by atoms with Crippen LogP contribution < -0.4 is 0 Å². The number of ether oxygens (including phenoxy) is 4. The van der Waals surface area contributed by atoms with Crippen LogP contribution in [0.1, 0.15) is 206 Å². The van der Waals surface area contributed by atoms with E-state index in [-0.39, 0.29) is 19.6 Å². The predicted molar refractivity (Wildman–Crippen MR) is 294 cm³/mol. The molecule has 6 unspecified atom stereocenters. The molecule has 12 nitrogen and oxygen atoms in total. The zero-order chi connectivity index (χ0) is 52.4. The molecule has 0 radical (unpaired) electrons. The summed E-state index contributed by atoms with van der Waals surface area (Å²) < 4.78 is 59.3. The molecular formula is C59H100O12S. The first kappa shape index (κ1) is 67.0. The van der Waals surface area contributed by atoms with Crippen molar-refractivity contribution in [1.82, 2.24) is 0 Å². The fourth-order valence-electron chi connectivity index (χ4n) is 8.00. The van der Waals surface area contributed by atoms with E-state index >= 15 is 0 Å². The van der Waals surface area contributed by atoms with Crippen LogP contribution in [0.3, 0.4) is 0 Å². The van der Waals surface area contributed by atoms with Crippen molar-refractivity contribution in [3.8, 4) is 0 Å². The first-order valence-corrected chi connectivity index (χ1v) is 29.4. The molecule has 6 atom stereocenters. The van der Waals surface area contributed by atoms with Crippen molar-refractivity contribution in [3.05, 3.63) is 97.2 Å². The Kier molecular flexibility index (Phi) is 45.6. The van der Waals surface area contributed by atoms with E-state index in [2.05, 4.69) is 115 Å². The van der Waals surface area contributed by atoms with Gasteiger partial charge in [-0.15, -0.1) is 0 Å². The monoisotopic (exact) mass is 1030 g/mol. The summed E-state index contributed by atoms with van der Waals surface area (Å²) in [6.07, 6.45) is 58.6. The molecule has 1 fully saturated rings. The van der Waals surface area contributed by atoms with Gasteiger partial charge in [0.1, 0.15) is 30.5 Å². The van der Waals surface area contributed by atoms with E-state index in [0.717, 1.165) is 103 Å². The van der Waals surface area contributed by atoms with Crippen LogP contribution in [0.4, 0.5) is 0 Å². The summed E-state index contributed by atoms with van der Waals surface area (Å²) in [5.41, 5.74) is 0. The lowest BCUT2D eigenvalue weighted by atomic mass is 9.99. The summed E-state index contributed by atoms with van der Waals surface area (Å²) in [4.78, 5) is 13.0. The Hall–Kier alpha value is -2.98. The first-order chi connectivity index (χ1) is 35.1. The summed E-state index contributed by atoms with van der Waals surface area (Å²) in [6, 6.07) is 0.